The van der Waals surface area contributed by atoms with E-state index in [2.05, 4.69) is 12.1 Å². The normalized spacial score (nSPS) is 10.5. The average molecular weight is 306 g/mol. The summed E-state index contributed by atoms with van der Waals surface area (Å²) in [7, 11) is 3.15. The minimum Gasteiger partial charge on any atom is -0.493 e. The van der Waals surface area contributed by atoms with E-state index in [1.807, 2.05) is 30.3 Å². The van der Waals surface area contributed by atoms with Crippen molar-refractivity contribution >= 4 is 16.6 Å². The van der Waals surface area contributed by atoms with E-state index in [4.69, 9.17) is 9.47 Å². The van der Waals surface area contributed by atoms with Gasteiger partial charge in [-0.05, 0) is 34.5 Å². The number of benzene rings is 3. The van der Waals surface area contributed by atoms with Crippen LogP contribution in [0.3, 0.4) is 0 Å². The van der Waals surface area contributed by atoms with Gasteiger partial charge in [-0.25, -0.2) is 0 Å². The van der Waals surface area contributed by atoms with Crippen molar-refractivity contribution in [2.24, 2.45) is 0 Å². The molecule has 0 aliphatic heterocycles. The number of carbonyl (C=O) groups is 1. The molecule has 0 atom stereocenters. The van der Waals surface area contributed by atoms with Crippen LogP contribution in [0.5, 0.6) is 11.5 Å². The molecule has 3 rings (SSSR count). The molecule has 0 unspecified atom stereocenters. The van der Waals surface area contributed by atoms with E-state index in [0.717, 1.165) is 16.3 Å². The zero-order valence-corrected chi connectivity index (χ0v) is 13.2. The van der Waals surface area contributed by atoms with Crippen molar-refractivity contribution in [2.45, 2.75) is 6.42 Å². The van der Waals surface area contributed by atoms with Gasteiger partial charge in [0.15, 0.2) is 17.3 Å². The number of Topliss-reactive ketones (excluding diaryl/α,β-unsaturated/α-hetero) is 1. The summed E-state index contributed by atoms with van der Waals surface area (Å²) in [5.41, 5.74) is 1.65. The van der Waals surface area contributed by atoms with E-state index in [0.29, 0.717) is 23.5 Å². The van der Waals surface area contributed by atoms with Crippen LogP contribution in [0.1, 0.15) is 15.9 Å². The molecule has 0 aliphatic rings. The Kier molecular flexibility index (Phi) is 4.29. The molecule has 0 N–H and O–H groups in total. The van der Waals surface area contributed by atoms with E-state index < -0.39 is 0 Å². The summed E-state index contributed by atoms with van der Waals surface area (Å²) in [5, 5.41) is 2.26. The van der Waals surface area contributed by atoms with Gasteiger partial charge in [0.1, 0.15) is 0 Å². The number of hydrogen-bond acceptors (Lipinski definition) is 3. The summed E-state index contributed by atoms with van der Waals surface area (Å²) in [5.74, 6) is 1.24. The Morgan fingerprint density at radius 2 is 1.61 bits per heavy atom. The molecule has 3 aromatic carbocycles. The molecule has 3 aromatic rings. The standard InChI is InChI=1S/C20H18O3/c1-22-19-11-10-16(13-20(19)23-2)18(21)12-15-8-5-7-14-6-3-4-9-17(14)15/h3-11,13H,12H2,1-2H3. The highest BCUT2D eigenvalue weighted by molar-refractivity contribution is 6.00. The number of fused-ring (bicyclic) bond motifs is 1. The van der Waals surface area contributed by atoms with E-state index in [1.165, 1.54) is 0 Å². The summed E-state index contributed by atoms with van der Waals surface area (Å²) < 4.78 is 10.5. The Morgan fingerprint density at radius 1 is 0.870 bits per heavy atom. The highest BCUT2D eigenvalue weighted by Crippen LogP contribution is 2.28. The third-order valence-corrected chi connectivity index (χ3v) is 3.94. The second-order valence-electron chi connectivity index (χ2n) is 5.31. The zero-order valence-electron chi connectivity index (χ0n) is 13.2. The maximum Gasteiger partial charge on any atom is 0.167 e. The number of ketones is 1. The van der Waals surface area contributed by atoms with Gasteiger partial charge in [0.05, 0.1) is 14.2 Å². The van der Waals surface area contributed by atoms with Gasteiger partial charge < -0.3 is 9.47 Å². The Balaban J connectivity index is 1.92. The van der Waals surface area contributed by atoms with Crippen molar-refractivity contribution in [3.05, 3.63) is 71.8 Å². The fraction of sp³-hybridized carbons (Fsp3) is 0.150. The van der Waals surface area contributed by atoms with Crippen molar-refractivity contribution in [3.63, 3.8) is 0 Å². The predicted octanol–water partition coefficient (Wildman–Crippen LogP) is 4.28. The van der Waals surface area contributed by atoms with Crippen LogP contribution in [-0.2, 0) is 6.42 Å². The fourth-order valence-corrected chi connectivity index (χ4v) is 2.73. The van der Waals surface area contributed by atoms with Gasteiger partial charge in [0, 0.05) is 12.0 Å². The molecule has 3 heteroatoms. The van der Waals surface area contributed by atoms with Gasteiger partial charge in [-0.2, -0.15) is 0 Å². The van der Waals surface area contributed by atoms with Crippen LogP contribution >= 0.6 is 0 Å². The van der Waals surface area contributed by atoms with Gasteiger partial charge in [-0.3, -0.25) is 4.79 Å². The Bertz CT molecular complexity index is 847. The number of carbonyl (C=O) groups excluding carboxylic acids is 1. The topological polar surface area (TPSA) is 35.5 Å². The number of hydrogen-bond donors (Lipinski definition) is 0. The van der Waals surface area contributed by atoms with Crippen molar-refractivity contribution in [2.75, 3.05) is 14.2 Å². The maximum absolute atomic E-state index is 12.6. The molecule has 3 nitrogen and oxygen atoms in total. The molecule has 0 heterocycles. The van der Waals surface area contributed by atoms with Crippen molar-refractivity contribution in [1.82, 2.24) is 0 Å². The lowest BCUT2D eigenvalue weighted by molar-refractivity contribution is 0.0993. The molecular weight excluding hydrogens is 288 g/mol. The lowest BCUT2D eigenvalue weighted by atomic mass is 9.97. The van der Waals surface area contributed by atoms with E-state index in [1.54, 1.807) is 32.4 Å². The molecule has 0 aromatic heterocycles. The monoisotopic (exact) mass is 306 g/mol. The van der Waals surface area contributed by atoms with Crippen LogP contribution < -0.4 is 9.47 Å². The second-order valence-corrected chi connectivity index (χ2v) is 5.31. The molecule has 0 aliphatic carbocycles. The van der Waals surface area contributed by atoms with E-state index in [9.17, 15) is 4.79 Å². The highest BCUT2D eigenvalue weighted by Gasteiger charge is 2.12. The first kappa shape index (κ1) is 15.1. The smallest absolute Gasteiger partial charge is 0.167 e. The van der Waals surface area contributed by atoms with Gasteiger partial charge >= 0.3 is 0 Å². The first-order valence-electron chi connectivity index (χ1n) is 7.45. The summed E-state index contributed by atoms with van der Waals surface area (Å²) in [6.07, 6.45) is 0.358. The fourth-order valence-electron chi connectivity index (χ4n) is 2.73. The van der Waals surface area contributed by atoms with Gasteiger partial charge in [-0.1, -0.05) is 42.5 Å². The SMILES string of the molecule is COc1ccc(C(=O)Cc2cccc3ccccc23)cc1OC. The Labute approximate surface area is 135 Å². The summed E-state index contributed by atoms with van der Waals surface area (Å²) in [6, 6.07) is 19.4. The molecule has 0 amide bonds. The maximum atomic E-state index is 12.6. The Hall–Kier alpha value is -2.81. The number of rotatable bonds is 5. The van der Waals surface area contributed by atoms with Crippen LogP contribution in [0, 0.1) is 0 Å². The van der Waals surface area contributed by atoms with Crippen LogP contribution in [0.2, 0.25) is 0 Å². The van der Waals surface area contributed by atoms with Gasteiger partial charge in [0.25, 0.3) is 0 Å². The van der Waals surface area contributed by atoms with Crippen LogP contribution in [-0.4, -0.2) is 20.0 Å². The van der Waals surface area contributed by atoms with Crippen molar-refractivity contribution < 1.29 is 14.3 Å². The quantitative estimate of drug-likeness (QED) is 0.660. The zero-order chi connectivity index (χ0) is 16.2. The van der Waals surface area contributed by atoms with Gasteiger partial charge in [0.2, 0.25) is 0 Å². The average Bonchev–Trinajstić information content (AvgIpc) is 2.61. The molecule has 116 valence electrons. The molecule has 0 bridgehead atoms. The molecular formula is C20H18O3. The van der Waals surface area contributed by atoms with Crippen LogP contribution in [0.25, 0.3) is 10.8 Å². The van der Waals surface area contributed by atoms with Crippen molar-refractivity contribution in [3.8, 4) is 11.5 Å². The lowest BCUT2D eigenvalue weighted by Crippen LogP contribution is -2.05. The van der Waals surface area contributed by atoms with E-state index >= 15 is 0 Å². The first-order chi connectivity index (χ1) is 11.2. The van der Waals surface area contributed by atoms with Gasteiger partial charge in [-0.15, -0.1) is 0 Å². The number of ether oxygens (including phenoxy) is 2. The van der Waals surface area contributed by atoms with Crippen LogP contribution in [0.4, 0.5) is 0 Å². The van der Waals surface area contributed by atoms with E-state index in [-0.39, 0.29) is 5.78 Å². The largest absolute Gasteiger partial charge is 0.493 e. The molecule has 0 fully saturated rings. The minimum atomic E-state index is 0.0577. The summed E-state index contributed by atoms with van der Waals surface area (Å²) in [6.45, 7) is 0. The molecule has 0 radical (unpaired) electrons. The highest BCUT2D eigenvalue weighted by atomic mass is 16.5. The first-order valence-corrected chi connectivity index (χ1v) is 7.45. The summed E-state index contributed by atoms with van der Waals surface area (Å²) in [4.78, 5) is 12.6. The summed E-state index contributed by atoms with van der Waals surface area (Å²) >= 11 is 0. The third kappa shape index (κ3) is 3.04. The second kappa shape index (κ2) is 6.53. The minimum absolute atomic E-state index is 0.0577. The molecule has 0 saturated carbocycles. The number of methoxy groups -OCH3 is 2. The lowest BCUT2D eigenvalue weighted by Gasteiger charge is -2.10. The molecule has 0 saturated heterocycles. The third-order valence-electron chi connectivity index (χ3n) is 3.94. The molecule has 23 heavy (non-hydrogen) atoms. The molecule has 0 spiro atoms. The predicted molar refractivity (Wildman–Crippen MR) is 91.5 cm³/mol. The Morgan fingerprint density at radius 3 is 2.39 bits per heavy atom. The van der Waals surface area contributed by atoms with Crippen LogP contribution in [0.15, 0.2) is 60.7 Å². The van der Waals surface area contributed by atoms with Crippen molar-refractivity contribution in [1.29, 1.82) is 0 Å².